The summed E-state index contributed by atoms with van der Waals surface area (Å²) < 4.78 is 8.41. The number of hydrogen-bond acceptors (Lipinski definition) is 1. The molecular weight excluding hydrogens is 669 g/mol. The van der Waals surface area contributed by atoms with Gasteiger partial charge in [-0.15, -0.1) is 0 Å². The molecule has 0 spiro atoms. The molecule has 0 saturated carbocycles. The molecule has 1 N–H and O–H groups in total. The number of hydrogen-bond donors (Lipinski definition) is 1. The van der Waals surface area contributed by atoms with Crippen molar-refractivity contribution in [2.75, 3.05) is 6.61 Å². The van der Waals surface area contributed by atoms with E-state index in [9.17, 15) is 0 Å². The van der Waals surface area contributed by atoms with Crippen LogP contribution in [-0.4, -0.2) is 16.2 Å². The SMILES string of the molecule is CCCCCCCCCCCCCCCCOc1ccc(-c2ccc(-n3c4ccccc4c4ccccc43)cc2)cc1.c1ccc2c(c1)[nH]c1ccccc12. The number of benzene rings is 6. The van der Waals surface area contributed by atoms with Crippen molar-refractivity contribution in [2.45, 2.75) is 96.8 Å². The van der Waals surface area contributed by atoms with Crippen LogP contribution in [0.25, 0.3) is 60.4 Å². The quantitative estimate of drug-likeness (QED) is 0.0877. The number of nitrogens with zero attached hydrogens (tertiary/aromatic N) is 1. The minimum absolute atomic E-state index is 0.810. The normalized spacial score (nSPS) is 11.4. The second-order valence-corrected chi connectivity index (χ2v) is 15.1. The molecule has 0 aliphatic rings. The summed E-state index contributed by atoms with van der Waals surface area (Å²) in [6, 6.07) is 51.6. The zero-order valence-corrected chi connectivity index (χ0v) is 32.8. The molecule has 0 radical (unpaired) electrons. The highest BCUT2D eigenvalue weighted by Crippen LogP contribution is 2.33. The van der Waals surface area contributed by atoms with Crippen LogP contribution in [-0.2, 0) is 0 Å². The van der Waals surface area contributed by atoms with Crippen molar-refractivity contribution < 1.29 is 4.74 Å². The Morgan fingerprint density at radius 1 is 0.400 bits per heavy atom. The van der Waals surface area contributed by atoms with Crippen LogP contribution in [0.15, 0.2) is 146 Å². The van der Waals surface area contributed by atoms with E-state index >= 15 is 0 Å². The molecular formula is C52H58N2O. The van der Waals surface area contributed by atoms with E-state index in [-0.39, 0.29) is 0 Å². The summed E-state index contributed by atoms with van der Waals surface area (Å²) in [6.07, 6.45) is 19.3. The molecule has 0 unspecified atom stereocenters. The number of aromatic amines is 1. The maximum Gasteiger partial charge on any atom is 0.119 e. The molecule has 8 aromatic rings. The minimum atomic E-state index is 0.810. The van der Waals surface area contributed by atoms with Crippen LogP contribution in [0.1, 0.15) is 96.8 Å². The number of ether oxygens (including phenoxy) is 1. The van der Waals surface area contributed by atoms with Gasteiger partial charge >= 0.3 is 0 Å². The number of nitrogens with one attached hydrogen (secondary N) is 1. The number of para-hydroxylation sites is 4. The van der Waals surface area contributed by atoms with E-state index in [1.165, 1.54) is 144 Å². The molecule has 3 heteroatoms. The molecule has 0 bridgehead atoms. The lowest BCUT2D eigenvalue weighted by Gasteiger charge is -2.10. The Morgan fingerprint density at radius 3 is 1.29 bits per heavy atom. The van der Waals surface area contributed by atoms with E-state index in [0.29, 0.717) is 0 Å². The first kappa shape index (κ1) is 38.0. The molecule has 55 heavy (non-hydrogen) atoms. The molecule has 3 nitrogen and oxygen atoms in total. The highest BCUT2D eigenvalue weighted by molar-refractivity contribution is 6.09. The van der Waals surface area contributed by atoms with Crippen molar-refractivity contribution in [3.63, 3.8) is 0 Å². The van der Waals surface area contributed by atoms with Gasteiger partial charge in [0.15, 0.2) is 0 Å². The predicted molar refractivity (Wildman–Crippen MR) is 238 cm³/mol. The van der Waals surface area contributed by atoms with E-state index < -0.39 is 0 Å². The molecule has 0 fully saturated rings. The van der Waals surface area contributed by atoms with Crippen molar-refractivity contribution in [1.29, 1.82) is 0 Å². The summed E-state index contributed by atoms with van der Waals surface area (Å²) in [5, 5.41) is 5.19. The van der Waals surface area contributed by atoms with E-state index in [1.807, 2.05) is 0 Å². The molecule has 2 heterocycles. The van der Waals surface area contributed by atoms with Gasteiger partial charge in [-0.3, -0.25) is 0 Å². The second-order valence-electron chi connectivity index (χ2n) is 15.1. The first-order valence-electron chi connectivity index (χ1n) is 21.1. The monoisotopic (exact) mass is 726 g/mol. The predicted octanol–water partition coefficient (Wildman–Crippen LogP) is 15.6. The summed E-state index contributed by atoms with van der Waals surface area (Å²) in [5.41, 5.74) is 8.53. The number of rotatable bonds is 18. The molecule has 0 aliphatic heterocycles. The summed E-state index contributed by atoms with van der Waals surface area (Å²) >= 11 is 0. The maximum atomic E-state index is 6.05. The van der Waals surface area contributed by atoms with Crippen molar-refractivity contribution >= 4 is 43.6 Å². The van der Waals surface area contributed by atoms with Gasteiger partial charge in [-0.2, -0.15) is 0 Å². The molecule has 6 aromatic carbocycles. The van der Waals surface area contributed by atoms with Crippen LogP contribution < -0.4 is 4.74 Å². The summed E-state index contributed by atoms with van der Waals surface area (Å²) in [4.78, 5) is 3.38. The first-order valence-corrected chi connectivity index (χ1v) is 21.1. The van der Waals surface area contributed by atoms with E-state index in [4.69, 9.17) is 4.74 Å². The average molecular weight is 727 g/mol. The van der Waals surface area contributed by atoms with Crippen molar-refractivity contribution in [3.8, 4) is 22.6 Å². The fourth-order valence-corrected chi connectivity index (χ4v) is 8.03. The summed E-state index contributed by atoms with van der Waals surface area (Å²) in [6.45, 7) is 3.10. The van der Waals surface area contributed by atoms with Crippen molar-refractivity contribution in [2.24, 2.45) is 0 Å². The summed E-state index contributed by atoms with van der Waals surface area (Å²) in [5.74, 6) is 0.968. The van der Waals surface area contributed by atoms with Crippen molar-refractivity contribution in [1.82, 2.24) is 9.55 Å². The van der Waals surface area contributed by atoms with Gasteiger partial charge in [-0.1, -0.05) is 187 Å². The number of unbranched alkanes of at least 4 members (excludes halogenated alkanes) is 13. The van der Waals surface area contributed by atoms with Crippen LogP contribution in [0.2, 0.25) is 0 Å². The topological polar surface area (TPSA) is 29.9 Å². The Morgan fingerprint density at radius 2 is 0.800 bits per heavy atom. The van der Waals surface area contributed by atoms with Gasteiger partial charge in [0.2, 0.25) is 0 Å². The molecule has 282 valence electrons. The van der Waals surface area contributed by atoms with Gasteiger partial charge in [0, 0.05) is 38.3 Å². The molecule has 0 amide bonds. The van der Waals surface area contributed by atoms with Crippen LogP contribution in [0.3, 0.4) is 0 Å². The Bertz CT molecular complexity index is 2240. The Balaban J connectivity index is 0.000000297. The molecule has 0 atom stereocenters. The standard InChI is InChI=1S/C40H49NO.C12H9N/c1-2-3-4-5-6-7-8-9-10-11-12-13-14-19-32-42-36-30-26-34(27-31-36)33-24-28-35(29-25-33)41-39-22-17-15-20-37(39)38-21-16-18-23-40(38)41;1-3-7-11-9(5-1)10-6-2-4-8-12(10)13-11/h15-18,20-31H,2-14,19,32H2,1H3;1-8,13H. The van der Waals surface area contributed by atoms with Gasteiger partial charge in [0.05, 0.1) is 17.6 Å². The zero-order valence-electron chi connectivity index (χ0n) is 32.8. The third kappa shape index (κ3) is 9.89. The number of aromatic nitrogens is 2. The molecule has 8 rings (SSSR count). The fourth-order valence-electron chi connectivity index (χ4n) is 8.03. The number of H-pyrrole nitrogens is 1. The van der Waals surface area contributed by atoms with Crippen LogP contribution in [0, 0.1) is 0 Å². The average Bonchev–Trinajstić information content (AvgIpc) is 3.79. The van der Waals surface area contributed by atoms with Crippen LogP contribution in [0.5, 0.6) is 5.75 Å². The lowest BCUT2D eigenvalue weighted by Crippen LogP contribution is -1.97. The second kappa shape index (κ2) is 19.9. The van der Waals surface area contributed by atoms with Gasteiger partial charge in [0.25, 0.3) is 0 Å². The molecule has 0 saturated heterocycles. The zero-order chi connectivity index (χ0) is 37.5. The molecule has 2 aromatic heterocycles. The smallest absolute Gasteiger partial charge is 0.119 e. The first-order chi connectivity index (χ1) is 27.3. The van der Waals surface area contributed by atoms with Gasteiger partial charge < -0.3 is 14.3 Å². The van der Waals surface area contributed by atoms with Gasteiger partial charge in [-0.05, 0) is 66.1 Å². The third-order valence-corrected chi connectivity index (χ3v) is 11.1. The third-order valence-electron chi connectivity index (χ3n) is 11.1. The van der Waals surface area contributed by atoms with Crippen LogP contribution >= 0.6 is 0 Å². The van der Waals surface area contributed by atoms with E-state index in [0.717, 1.165) is 18.8 Å². The minimum Gasteiger partial charge on any atom is -0.494 e. The maximum absolute atomic E-state index is 6.05. The Hall–Kier alpha value is -5.28. The van der Waals surface area contributed by atoms with Crippen molar-refractivity contribution in [3.05, 3.63) is 146 Å². The summed E-state index contributed by atoms with van der Waals surface area (Å²) in [7, 11) is 0. The Labute approximate surface area is 328 Å². The lowest BCUT2D eigenvalue weighted by atomic mass is 10.0. The number of fused-ring (bicyclic) bond motifs is 6. The fraction of sp³-hybridized carbons (Fsp3) is 0.308. The lowest BCUT2D eigenvalue weighted by molar-refractivity contribution is 0.304. The largest absolute Gasteiger partial charge is 0.494 e. The Kier molecular flexibility index (Phi) is 13.7. The van der Waals surface area contributed by atoms with E-state index in [2.05, 4.69) is 162 Å². The van der Waals surface area contributed by atoms with Gasteiger partial charge in [-0.25, -0.2) is 0 Å². The highest BCUT2D eigenvalue weighted by atomic mass is 16.5. The van der Waals surface area contributed by atoms with Crippen LogP contribution in [0.4, 0.5) is 0 Å². The highest BCUT2D eigenvalue weighted by Gasteiger charge is 2.11. The van der Waals surface area contributed by atoms with Gasteiger partial charge in [0.1, 0.15) is 5.75 Å². The molecule has 0 aliphatic carbocycles. The van der Waals surface area contributed by atoms with E-state index in [1.54, 1.807) is 0 Å².